The molecule has 0 aliphatic heterocycles. The molecule has 0 saturated heterocycles. The third-order valence-electron chi connectivity index (χ3n) is 3.73. The first-order chi connectivity index (χ1) is 12.5. The van der Waals surface area contributed by atoms with Gasteiger partial charge in [-0.15, -0.1) is 0 Å². The topological polar surface area (TPSA) is 72.5 Å². The predicted molar refractivity (Wildman–Crippen MR) is 102 cm³/mol. The number of amides is 1. The fourth-order valence-corrected chi connectivity index (χ4v) is 3.79. The lowest BCUT2D eigenvalue weighted by molar-refractivity contribution is -0.118. The Balaban J connectivity index is 1.80. The molecule has 0 fully saturated rings. The average Bonchev–Trinajstić information content (AvgIpc) is 2.61. The first-order valence-corrected chi connectivity index (χ1v) is 10.5. The highest BCUT2D eigenvalue weighted by molar-refractivity contribution is 7.92. The van der Waals surface area contributed by atoms with E-state index in [0.29, 0.717) is 26.2 Å². The number of carbonyl (C=O) groups excluding carboxylic acids is 1. The van der Waals surface area contributed by atoms with Gasteiger partial charge in [-0.3, -0.25) is 4.79 Å². The second-order valence-corrected chi connectivity index (χ2v) is 8.35. The minimum atomic E-state index is -3.31. The molecule has 0 aromatic heterocycles. The molecule has 0 radical (unpaired) electrons. The zero-order valence-corrected chi connectivity index (χ0v) is 15.8. The highest BCUT2D eigenvalue weighted by atomic mass is 32.2. The van der Waals surface area contributed by atoms with Crippen molar-refractivity contribution in [3.8, 4) is 0 Å². The zero-order valence-electron chi connectivity index (χ0n) is 15.0. The fourth-order valence-electron chi connectivity index (χ4n) is 2.52. The summed E-state index contributed by atoms with van der Waals surface area (Å²) in [6.07, 6.45) is 0.515. The molecule has 0 aliphatic rings. The van der Waals surface area contributed by atoms with Crippen molar-refractivity contribution in [2.75, 3.05) is 11.5 Å². The number of hydrogen-bond acceptors (Lipinski definition) is 4. The van der Waals surface area contributed by atoms with Crippen LogP contribution in [0.3, 0.4) is 0 Å². The number of ether oxygens (including phenoxy) is 1. The summed E-state index contributed by atoms with van der Waals surface area (Å²) in [5.74, 6) is -0.890. The van der Waals surface area contributed by atoms with Gasteiger partial charge in [0.2, 0.25) is 5.91 Å². The predicted octanol–water partition coefficient (Wildman–Crippen LogP) is 2.84. The summed E-state index contributed by atoms with van der Waals surface area (Å²) < 4.78 is 29.0. The number of carbonyl (C=O) groups is 1. The molecule has 0 saturated carbocycles. The van der Waals surface area contributed by atoms with Gasteiger partial charge in [-0.2, -0.15) is 0 Å². The van der Waals surface area contributed by atoms with Crippen molar-refractivity contribution < 1.29 is 17.9 Å². The van der Waals surface area contributed by atoms with Crippen LogP contribution in [0.4, 0.5) is 0 Å². The van der Waals surface area contributed by atoms with E-state index in [9.17, 15) is 13.2 Å². The highest BCUT2D eigenvalue weighted by Crippen LogP contribution is 2.09. The van der Waals surface area contributed by atoms with Gasteiger partial charge in [0.25, 0.3) is 0 Å². The maximum atomic E-state index is 11.8. The average molecular weight is 375 g/mol. The van der Waals surface area contributed by atoms with Crippen LogP contribution in [-0.2, 0) is 39.1 Å². The lowest BCUT2D eigenvalue weighted by Gasteiger charge is -2.09. The Labute approximate surface area is 155 Å². The van der Waals surface area contributed by atoms with Crippen LogP contribution in [-0.4, -0.2) is 25.8 Å². The molecular weight excluding hydrogens is 350 g/mol. The summed E-state index contributed by atoms with van der Waals surface area (Å²) in [5, 5.41) is 2.66. The Morgan fingerprint density at radius 2 is 1.62 bits per heavy atom. The molecule has 2 aromatic carbocycles. The number of sulfone groups is 1. The Morgan fingerprint density at radius 1 is 0.962 bits per heavy atom. The highest BCUT2D eigenvalue weighted by Gasteiger charge is 2.15. The largest absolute Gasteiger partial charge is 0.372 e. The van der Waals surface area contributed by atoms with Gasteiger partial charge in [-0.1, -0.05) is 61.5 Å². The lowest BCUT2D eigenvalue weighted by Crippen LogP contribution is -2.30. The fraction of sp³-hybridized carbons (Fsp3) is 0.350. The van der Waals surface area contributed by atoms with Crippen LogP contribution in [0.5, 0.6) is 0 Å². The van der Waals surface area contributed by atoms with E-state index in [2.05, 4.69) is 5.32 Å². The van der Waals surface area contributed by atoms with Crippen molar-refractivity contribution in [2.45, 2.75) is 33.1 Å². The van der Waals surface area contributed by atoms with Crippen LogP contribution in [0, 0.1) is 0 Å². The van der Waals surface area contributed by atoms with Crippen LogP contribution in [0.1, 0.15) is 30.0 Å². The maximum Gasteiger partial charge on any atom is 0.235 e. The molecule has 2 aromatic rings. The molecule has 0 unspecified atom stereocenters. The Morgan fingerprint density at radius 3 is 2.35 bits per heavy atom. The van der Waals surface area contributed by atoms with Crippen LogP contribution in [0.15, 0.2) is 54.6 Å². The molecule has 2 rings (SSSR count). The Kier molecular flexibility index (Phi) is 7.81. The van der Waals surface area contributed by atoms with Crippen molar-refractivity contribution in [1.29, 1.82) is 0 Å². The van der Waals surface area contributed by atoms with E-state index < -0.39 is 21.5 Å². The van der Waals surface area contributed by atoms with E-state index in [4.69, 9.17) is 4.74 Å². The molecule has 5 nitrogen and oxygen atoms in total. The summed E-state index contributed by atoms with van der Waals surface area (Å²) in [6.45, 7) is 3.09. The van der Waals surface area contributed by atoms with Gasteiger partial charge in [0.15, 0.2) is 9.84 Å². The summed E-state index contributed by atoms with van der Waals surface area (Å²) in [7, 11) is -3.31. The van der Waals surface area contributed by atoms with Crippen molar-refractivity contribution in [1.82, 2.24) is 5.32 Å². The van der Waals surface area contributed by atoms with Crippen LogP contribution >= 0.6 is 0 Å². The summed E-state index contributed by atoms with van der Waals surface area (Å²) in [6, 6.07) is 17.6. The van der Waals surface area contributed by atoms with E-state index in [1.165, 1.54) is 0 Å². The van der Waals surface area contributed by atoms with Gasteiger partial charge >= 0.3 is 0 Å². The second kappa shape index (κ2) is 10.1. The van der Waals surface area contributed by atoms with Gasteiger partial charge < -0.3 is 10.1 Å². The van der Waals surface area contributed by atoms with E-state index in [1.54, 1.807) is 6.92 Å². The Bertz CT molecular complexity index is 804. The standard InChI is InChI=1S/C20H25NO4S/c1-2-11-26(23,24)16-20(22)21-13-18-9-6-10-19(12-18)15-25-14-17-7-4-3-5-8-17/h3-10,12H,2,11,13-16H2,1H3,(H,21,22). The molecular formula is C20H25NO4S. The second-order valence-electron chi connectivity index (χ2n) is 6.17. The number of benzene rings is 2. The molecule has 0 spiro atoms. The Hall–Kier alpha value is -2.18. The third kappa shape index (κ3) is 7.37. The number of nitrogens with one attached hydrogen (secondary N) is 1. The van der Waals surface area contributed by atoms with Crippen molar-refractivity contribution in [3.63, 3.8) is 0 Å². The molecule has 1 N–H and O–H groups in total. The lowest BCUT2D eigenvalue weighted by atomic mass is 10.1. The number of hydrogen-bond donors (Lipinski definition) is 1. The van der Waals surface area contributed by atoms with Gasteiger partial charge in [0.05, 0.1) is 19.0 Å². The summed E-state index contributed by atoms with van der Waals surface area (Å²) >= 11 is 0. The minimum Gasteiger partial charge on any atom is -0.372 e. The van der Waals surface area contributed by atoms with Crippen molar-refractivity contribution in [2.24, 2.45) is 0 Å². The first-order valence-electron chi connectivity index (χ1n) is 8.65. The molecule has 140 valence electrons. The van der Waals surface area contributed by atoms with Crippen molar-refractivity contribution >= 4 is 15.7 Å². The van der Waals surface area contributed by atoms with Crippen LogP contribution < -0.4 is 5.32 Å². The molecule has 0 aliphatic carbocycles. The SMILES string of the molecule is CCCS(=O)(=O)CC(=O)NCc1cccc(COCc2ccccc2)c1. The van der Waals surface area contributed by atoms with Gasteiger partial charge in [0, 0.05) is 6.54 Å². The van der Waals surface area contributed by atoms with E-state index >= 15 is 0 Å². The van der Waals surface area contributed by atoms with Gasteiger partial charge in [-0.25, -0.2) is 8.42 Å². The van der Waals surface area contributed by atoms with Gasteiger partial charge in [-0.05, 0) is 23.1 Å². The quantitative estimate of drug-likeness (QED) is 0.693. The van der Waals surface area contributed by atoms with Gasteiger partial charge in [0.1, 0.15) is 5.75 Å². The van der Waals surface area contributed by atoms with E-state index in [1.807, 2.05) is 54.6 Å². The van der Waals surface area contributed by atoms with E-state index in [-0.39, 0.29) is 5.75 Å². The number of rotatable bonds is 10. The first kappa shape index (κ1) is 20.1. The molecule has 26 heavy (non-hydrogen) atoms. The minimum absolute atomic E-state index is 0.0364. The monoisotopic (exact) mass is 375 g/mol. The summed E-state index contributed by atoms with van der Waals surface area (Å²) in [4.78, 5) is 11.8. The van der Waals surface area contributed by atoms with Crippen LogP contribution in [0.25, 0.3) is 0 Å². The van der Waals surface area contributed by atoms with Crippen molar-refractivity contribution in [3.05, 3.63) is 71.3 Å². The molecule has 0 atom stereocenters. The zero-order chi connectivity index (χ0) is 18.8. The molecule has 0 bridgehead atoms. The molecule has 0 heterocycles. The van der Waals surface area contributed by atoms with Crippen LogP contribution in [0.2, 0.25) is 0 Å². The smallest absolute Gasteiger partial charge is 0.235 e. The third-order valence-corrected chi connectivity index (χ3v) is 5.46. The molecule has 1 amide bonds. The normalized spacial score (nSPS) is 11.3. The maximum absolute atomic E-state index is 11.8. The molecule has 6 heteroatoms. The summed E-state index contributed by atoms with van der Waals surface area (Å²) in [5.41, 5.74) is 3.03. The van der Waals surface area contributed by atoms with E-state index in [0.717, 1.165) is 16.7 Å².